The van der Waals surface area contributed by atoms with Crippen LogP contribution in [0.15, 0.2) is 54.9 Å². The molecule has 4 heterocycles. The van der Waals surface area contributed by atoms with Gasteiger partial charge in [-0.2, -0.15) is 0 Å². The van der Waals surface area contributed by atoms with Crippen LogP contribution >= 0.6 is 0 Å². The van der Waals surface area contributed by atoms with Gasteiger partial charge in [0.25, 0.3) is 5.91 Å². The Hall–Kier alpha value is -3.65. The van der Waals surface area contributed by atoms with Crippen molar-refractivity contribution >= 4 is 28.9 Å². The molecule has 3 N–H and O–H groups in total. The van der Waals surface area contributed by atoms with E-state index < -0.39 is 0 Å². The van der Waals surface area contributed by atoms with Gasteiger partial charge in [-0.1, -0.05) is 19.9 Å². The number of morpholine rings is 1. The van der Waals surface area contributed by atoms with Gasteiger partial charge >= 0.3 is 0 Å². The Morgan fingerprint density at radius 3 is 2.83 bits per heavy atom. The van der Waals surface area contributed by atoms with Crippen molar-refractivity contribution < 1.29 is 9.53 Å². The van der Waals surface area contributed by atoms with E-state index in [0.29, 0.717) is 31.1 Å². The van der Waals surface area contributed by atoms with E-state index in [1.165, 1.54) is 5.56 Å². The van der Waals surface area contributed by atoms with E-state index in [9.17, 15) is 4.79 Å². The molecule has 0 unspecified atom stereocenters. The second kappa shape index (κ2) is 9.92. The van der Waals surface area contributed by atoms with E-state index in [-0.39, 0.29) is 11.3 Å². The van der Waals surface area contributed by atoms with Crippen LogP contribution in [0.1, 0.15) is 41.8 Å². The highest BCUT2D eigenvalue weighted by Gasteiger charge is 2.27. The Balaban J connectivity index is 1.28. The Morgan fingerprint density at radius 1 is 1.11 bits per heavy atom. The quantitative estimate of drug-likeness (QED) is 0.493. The Morgan fingerprint density at radius 2 is 1.97 bits per heavy atom. The lowest BCUT2D eigenvalue weighted by atomic mass is 9.78. The van der Waals surface area contributed by atoms with Crippen molar-refractivity contribution in [3.63, 3.8) is 0 Å². The standard InChI is InChI=1S/C27H32N6O2/c1-27(2)8-11-28-23-17-20(5-6-22(23)27)32-26(34)21-4-3-9-30-25(21)31-18-19-7-10-29-24(16-19)33-12-14-35-15-13-33/h3-7,9-10,16-17,28H,8,11-15,18H2,1-2H3,(H,30,31)(H,32,34). The number of fused-ring (bicyclic) bond motifs is 1. The number of nitrogens with zero attached hydrogens (tertiary/aromatic N) is 3. The van der Waals surface area contributed by atoms with Crippen LogP contribution < -0.4 is 20.9 Å². The summed E-state index contributed by atoms with van der Waals surface area (Å²) >= 11 is 0. The molecule has 1 saturated heterocycles. The minimum Gasteiger partial charge on any atom is -0.385 e. The summed E-state index contributed by atoms with van der Waals surface area (Å²) in [5, 5.41) is 9.83. The summed E-state index contributed by atoms with van der Waals surface area (Å²) in [4.78, 5) is 24.3. The van der Waals surface area contributed by atoms with Crippen molar-refractivity contribution in [2.45, 2.75) is 32.2 Å². The summed E-state index contributed by atoms with van der Waals surface area (Å²) in [7, 11) is 0. The number of ether oxygens (including phenoxy) is 1. The molecule has 8 heteroatoms. The largest absolute Gasteiger partial charge is 0.385 e. The van der Waals surface area contributed by atoms with E-state index in [2.05, 4.69) is 56.8 Å². The fourth-order valence-corrected chi connectivity index (χ4v) is 4.65. The molecule has 182 valence electrons. The molecule has 0 radical (unpaired) electrons. The minimum atomic E-state index is -0.195. The van der Waals surface area contributed by atoms with Crippen LogP contribution in [0.25, 0.3) is 0 Å². The van der Waals surface area contributed by atoms with Gasteiger partial charge in [-0.05, 0) is 59.4 Å². The fourth-order valence-electron chi connectivity index (χ4n) is 4.65. The number of rotatable bonds is 6. The highest BCUT2D eigenvalue weighted by Crippen LogP contribution is 2.37. The first-order chi connectivity index (χ1) is 17.0. The number of hydrogen-bond donors (Lipinski definition) is 3. The molecule has 5 rings (SSSR count). The van der Waals surface area contributed by atoms with Crippen LogP contribution in [-0.4, -0.2) is 48.7 Å². The molecular weight excluding hydrogens is 440 g/mol. The van der Waals surface area contributed by atoms with Crippen molar-refractivity contribution in [3.05, 3.63) is 71.5 Å². The average molecular weight is 473 g/mol. The average Bonchev–Trinajstić information content (AvgIpc) is 2.88. The predicted octanol–water partition coefficient (Wildman–Crippen LogP) is 4.27. The topological polar surface area (TPSA) is 91.4 Å². The highest BCUT2D eigenvalue weighted by molar-refractivity contribution is 6.07. The smallest absolute Gasteiger partial charge is 0.259 e. The van der Waals surface area contributed by atoms with Gasteiger partial charge in [0.05, 0.1) is 18.8 Å². The van der Waals surface area contributed by atoms with Crippen molar-refractivity contribution in [2.24, 2.45) is 0 Å². The molecule has 0 saturated carbocycles. The zero-order valence-corrected chi connectivity index (χ0v) is 20.3. The van der Waals surface area contributed by atoms with Gasteiger partial charge < -0.3 is 25.6 Å². The van der Waals surface area contributed by atoms with Crippen LogP contribution in [0, 0.1) is 0 Å². The van der Waals surface area contributed by atoms with Gasteiger partial charge in [-0.15, -0.1) is 0 Å². The number of hydrogen-bond acceptors (Lipinski definition) is 7. The van der Waals surface area contributed by atoms with Crippen LogP contribution in [0.2, 0.25) is 0 Å². The van der Waals surface area contributed by atoms with Crippen LogP contribution in [0.5, 0.6) is 0 Å². The molecule has 1 aromatic carbocycles. The van der Waals surface area contributed by atoms with E-state index in [1.54, 1.807) is 18.3 Å². The number of carbonyl (C=O) groups excluding carboxylic acids is 1. The number of amides is 1. The van der Waals surface area contributed by atoms with Crippen molar-refractivity contribution in [2.75, 3.05) is 53.7 Å². The molecule has 3 aromatic rings. The molecule has 35 heavy (non-hydrogen) atoms. The molecule has 1 fully saturated rings. The van der Waals surface area contributed by atoms with Crippen LogP contribution in [0.4, 0.5) is 23.0 Å². The second-order valence-electron chi connectivity index (χ2n) is 9.65. The first kappa shape index (κ1) is 23.1. The van der Waals surface area contributed by atoms with Gasteiger partial charge in [0.15, 0.2) is 0 Å². The first-order valence-electron chi connectivity index (χ1n) is 12.2. The lowest BCUT2D eigenvalue weighted by Crippen LogP contribution is -2.36. The van der Waals surface area contributed by atoms with Gasteiger partial charge in [-0.25, -0.2) is 9.97 Å². The zero-order valence-electron chi connectivity index (χ0n) is 20.3. The molecule has 2 aliphatic heterocycles. The third kappa shape index (κ3) is 5.22. The molecule has 2 aliphatic rings. The third-order valence-electron chi connectivity index (χ3n) is 6.73. The van der Waals surface area contributed by atoms with Gasteiger partial charge in [0.1, 0.15) is 11.6 Å². The molecule has 0 atom stereocenters. The second-order valence-corrected chi connectivity index (χ2v) is 9.65. The minimum absolute atomic E-state index is 0.123. The maximum absolute atomic E-state index is 13.2. The summed E-state index contributed by atoms with van der Waals surface area (Å²) in [6.07, 6.45) is 4.59. The fraction of sp³-hybridized carbons (Fsp3) is 0.370. The Labute approximate surface area is 206 Å². The molecule has 0 aliphatic carbocycles. The third-order valence-corrected chi connectivity index (χ3v) is 6.73. The summed E-state index contributed by atoms with van der Waals surface area (Å²) in [6, 6.07) is 13.7. The van der Waals surface area contributed by atoms with E-state index >= 15 is 0 Å². The van der Waals surface area contributed by atoms with Gasteiger partial charge in [0, 0.05) is 49.9 Å². The summed E-state index contributed by atoms with van der Waals surface area (Å²) < 4.78 is 5.44. The molecule has 1 amide bonds. The van der Waals surface area contributed by atoms with E-state index in [4.69, 9.17) is 4.74 Å². The highest BCUT2D eigenvalue weighted by atomic mass is 16.5. The number of benzene rings is 1. The van der Waals surface area contributed by atoms with Gasteiger partial charge in [0.2, 0.25) is 0 Å². The summed E-state index contributed by atoms with van der Waals surface area (Å²) in [6.45, 7) is 9.08. The maximum atomic E-state index is 13.2. The van der Waals surface area contributed by atoms with Crippen molar-refractivity contribution in [3.8, 4) is 0 Å². The monoisotopic (exact) mass is 472 g/mol. The Kier molecular flexibility index (Phi) is 6.55. The number of anilines is 4. The zero-order chi connectivity index (χ0) is 24.3. The van der Waals surface area contributed by atoms with E-state index in [1.807, 2.05) is 24.4 Å². The Bertz CT molecular complexity index is 1210. The maximum Gasteiger partial charge on any atom is 0.259 e. The lowest BCUT2D eigenvalue weighted by Gasteiger charge is -2.33. The number of nitrogens with one attached hydrogen (secondary N) is 3. The molecule has 0 bridgehead atoms. The molecule has 2 aromatic heterocycles. The number of carbonyl (C=O) groups is 1. The van der Waals surface area contributed by atoms with Gasteiger partial charge in [-0.3, -0.25) is 4.79 Å². The van der Waals surface area contributed by atoms with Crippen molar-refractivity contribution in [1.29, 1.82) is 0 Å². The number of aromatic nitrogens is 2. The number of pyridine rings is 2. The van der Waals surface area contributed by atoms with Crippen LogP contribution in [-0.2, 0) is 16.7 Å². The normalized spacial score (nSPS) is 16.7. The van der Waals surface area contributed by atoms with E-state index in [0.717, 1.165) is 48.8 Å². The SMILES string of the molecule is CC1(C)CCNc2cc(NC(=O)c3cccnc3NCc3ccnc(N4CCOCC4)c3)ccc21. The van der Waals surface area contributed by atoms with Crippen molar-refractivity contribution in [1.82, 2.24) is 9.97 Å². The molecule has 8 nitrogen and oxygen atoms in total. The van der Waals surface area contributed by atoms with Crippen LogP contribution in [0.3, 0.4) is 0 Å². The molecular formula is C27H32N6O2. The predicted molar refractivity (Wildman–Crippen MR) is 139 cm³/mol. The lowest BCUT2D eigenvalue weighted by molar-refractivity contribution is 0.102. The molecule has 0 spiro atoms. The first-order valence-corrected chi connectivity index (χ1v) is 12.2. The summed E-state index contributed by atoms with van der Waals surface area (Å²) in [5.41, 5.74) is 4.82. The summed E-state index contributed by atoms with van der Waals surface area (Å²) in [5.74, 6) is 1.29.